The number of carboxylic acids is 1. The Morgan fingerprint density at radius 1 is 1.63 bits per heavy atom. The molecule has 2 atom stereocenters. The van der Waals surface area contributed by atoms with Crippen molar-refractivity contribution in [2.75, 3.05) is 13.6 Å². The van der Waals surface area contributed by atoms with Crippen molar-refractivity contribution >= 4 is 23.3 Å². The average molecular weight is 285 g/mol. The van der Waals surface area contributed by atoms with Crippen LogP contribution < -0.4 is 0 Å². The minimum Gasteiger partial charge on any atom is -0.480 e. The molecule has 0 radical (unpaired) electrons. The van der Waals surface area contributed by atoms with Crippen LogP contribution in [0.1, 0.15) is 12.1 Å². The Morgan fingerprint density at radius 3 is 2.95 bits per heavy atom. The van der Waals surface area contributed by atoms with E-state index in [4.69, 9.17) is 5.11 Å². The SMILES string of the molecule is CN(Cc1cscn1)C(=O)N1C[C@@H](O)C[C@H]1C(=O)O. The van der Waals surface area contributed by atoms with E-state index in [0.717, 1.165) is 5.69 Å². The Bertz CT molecular complexity index is 465. The number of aliphatic hydroxyl groups is 1. The van der Waals surface area contributed by atoms with Gasteiger partial charge in [-0.25, -0.2) is 14.6 Å². The van der Waals surface area contributed by atoms with Gasteiger partial charge in [0.1, 0.15) is 6.04 Å². The molecular formula is C11H15N3O4S. The number of carboxylic acid groups (broad SMARTS) is 1. The molecule has 2 amide bonds. The van der Waals surface area contributed by atoms with Gasteiger partial charge in [0, 0.05) is 25.4 Å². The number of aliphatic carboxylic acids is 1. The zero-order valence-corrected chi connectivity index (χ0v) is 11.2. The van der Waals surface area contributed by atoms with Crippen LogP contribution in [0.2, 0.25) is 0 Å². The highest BCUT2D eigenvalue weighted by Gasteiger charge is 2.40. The number of aliphatic hydroxyl groups excluding tert-OH is 1. The molecule has 104 valence electrons. The van der Waals surface area contributed by atoms with Crippen LogP contribution in [0.5, 0.6) is 0 Å². The van der Waals surface area contributed by atoms with Crippen LogP contribution >= 0.6 is 11.3 Å². The minimum atomic E-state index is -1.09. The van der Waals surface area contributed by atoms with Gasteiger partial charge in [-0.2, -0.15) is 0 Å². The molecule has 1 saturated heterocycles. The summed E-state index contributed by atoms with van der Waals surface area (Å²) in [6, 6.07) is -1.36. The lowest BCUT2D eigenvalue weighted by atomic mass is 10.2. The fourth-order valence-electron chi connectivity index (χ4n) is 2.10. The highest BCUT2D eigenvalue weighted by molar-refractivity contribution is 7.07. The third-order valence-electron chi connectivity index (χ3n) is 3.02. The second-order valence-corrected chi connectivity index (χ2v) is 5.23. The maximum atomic E-state index is 12.2. The summed E-state index contributed by atoms with van der Waals surface area (Å²) >= 11 is 1.43. The summed E-state index contributed by atoms with van der Waals surface area (Å²) in [5.41, 5.74) is 2.43. The third-order valence-corrected chi connectivity index (χ3v) is 3.65. The number of likely N-dealkylation sites (tertiary alicyclic amines) is 1. The predicted molar refractivity (Wildman–Crippen MR) is 67.7 cm³/mol. The number of amides is 2. The fourth-order valence-corrected chi connectivity index (χ4v) is 2.65. The van der Waals surface area contributed by atoms with Crippen molar-refractivity contribution in [3.8, 4) is 0 Å². The van der Waals surface area contributed by atoms with Crippen molar-refractivity contribution < 1.29 is 19.8 Å². The largest absolute Gasteiger partial charge is 0.480 e. The molecule has 8 heteroatoms. The summed E-state index contributed by atoms with van der Waals surface area (Å²) in [6.45, 7) is 0.373. The van der Waals surface area contributed by atoms with Gasteiger partial charge in [0.25, 0.3) is 0 Å². The summed E-state index contributed by atoms with van der Waals surface area (Å²) in [6.07, 6.45) is -0.705. The number of nitrogens with zero attached hydrogens (tertiary/aromatic N) is 3. The Hall–Kier alpha value is -1.67. The lowest BCUT2D eigenvalue weighted by Crippen LogP contribution is -2.46. The number of aromatic nitrogens is 1. The summed E-state index contributed by atoms with van der Waals surface area (Å²) < 4.78 is 0. The Labute approximate surface area is 114 Å². The highest BCUT2D eigenvalue weighted by atomic mass is 32.1. The van der Waals surface area contributed by atoms with E-state index >= 15 is 0 Å². The van der Waals surface area contributed by atoms with Crippen molar-refractivity contribution in [1.82, 2.24) is 14.8 Å². The van der Waals surface area contributed by atoms with Gasteiger partial charge in [0.05, 0.1) is 23.9 Å². The number of β-amino-alcohol motifs (C(OH)–C–C–N with tert-alkyl or cyclic N) is 1. The van der Waals surface area contributed by atoms with E-state index in [1.807, 2.05) is 5.38 Å². The van der Waals surface area contributed by atoms with E-state index in [-0.39, 0.29) is 13.0 Å². The van der Waals surface area contributed by atoms with Gasteiger partial charge in [-0.1, -0.05) is 0 Å². The van der Waals surface area contributed by atoms with Crippen LogP contribution in [-0.4, -0.2) is 62.7 Å². The van der Waals surface area contributed by atoms with Crippen molar-refractivity contribution in [2.45, 2.75) is 25.1 Å². The fraction of sp³-hybridized carbons (Fsp3) is 0.545. The van der Waals surface area contributed by atoms with Gasteiger partial charge in [-0.15, -0.1) is 11.3 Å². The molecule has 2 heterocycles. The van der Waals surface area contributed by atoms with Crippen LogP contribution in [0.3, 0.4) is 0 Å². The molecule has 19 heavy (non-hydrogen) atoms. The Balaban J connectivity index is 2.03. The van der Waals surface area contributed by atoms with E-state index in [1.54, 1.807) is 12.6 Å². The second-order valence-electron chi connectivity index (χ2n) is 4.51. The zero-order valence-electron chi connectivity index (χ0n) is 10.4. The van der Waals surface area contributed by atoms with Gasteiger partial charge in [-0.05, 0) is 0 Å². The van der Waals surface area contributed by atoms with Gasteiger partial charge in [-0.3, -0.25) is 0 Å². The predicted octanol–water partition coefficient (Wildman–Crippen LogP) is 0.215. The molecule has 0 unspecified atom stereocenters. The number of thiazole rings is 1. The normalized spacial score (nSPS) is 22.5. The molecule has 0 spiro atoms. The summed E-state index contributed by atoms with van der Waals surface area (Å²) in [5.74, 6) is -1.09. The highest BCUT2D eigenvalue weighted by Crippen LogP contribution is 2.20. The van der Waals surface area contributed by atoms with Crippen molar-refractivity contribution in [2.24, 2.45) is 0 Å². The van der Waals surface area contributed by atoms with E-state index in [2.05, 4.69) is 4.98 Å². The molecule has 0 aromatic carbocycles. The maximum Gasteiger partial charge on any atom is 0.326 e. The van der Waals surface area contributed by atoms with Gasteiger partial charge in [0.2, 0.25) is 0 Å². The van der Waals surface area contributed by atoms with E-state index < -0.39 is 24.1 Å². The van der Waals surface area contributed by atoms with Crippen LogP contribution in [0.15, 0.2) is 10.9 Å². The number of hydrogen-bond acceptors (Lipinski definition) is 5. The molecule has 0 bridgehead atoms. The molecule has 1 fully saturated rings. The molecule has 1 aliphatic rings. The summed E-state index contributed by atoms with van der Waals surface area (Å²) in [5, 5.41) is 20.4. The van der Waals surface area contributed by atoms with Crippen LogP contribution in [-0.2, 0) is 11.3 Å². The van der Waals surface area contributed by atoms with Crippen LogP contribution in [0.25, 0.3) is 0 Å². The van der Waals surface area contributed by atoms with E-state index in [0.29, 0.717) is 6.54 Å². The molecule has 7 nitrogen and oxygen atoms in total. The quantitative estimate of drug-likeness (QED) is 0.828. The van der Waals surface area contributed by atoms with Gasteiger partial charge in [0.15, 0.2) is 0 Å². The molecule has 0 aliphatic carbocycles. The van der Waals surface area contributed by atoms with E-state index in [1.165, 1.54) is 21.1 Å². The van der Waals surface area contributed by atoms with Crippen molar-refractivity contribution in [1.29, 1.82) is 0 Å². The Morgan fingerprint density at radius 2 is 2.37 bits per heavy atom. The molecule has 1 aromatic rings. The Kier molecular flexibility index (Phi) is 4.01. The molecule has 2 N–H and O–H groups in total. The molecule has 2 rings (SSSR count). The van der Waals surface area contributed by atoms with E-state index in [9.17, 15) is 14.7 Å². The van der Waals surface area contributed by atoms with Crippen LogP contribution in [0, 0.1) is 0 Å². The summed E-state index contributed by atoms with van der Waals surface area (Å²) in [7, 11) is 1.59. The zero-order chi connectivity index (χ0) is 14.0. The molecule has 1 aliphatic heterocycles. The van der Waals surface area contributed by atoms with Crippen LogP contribution in [0.4, 0.5) is 4.79 Å². The topological polar surface area (TPSA) is 94.0 Å². The third kappa shape index (κ3) is 3.02. The summed E-state index contributed by atoms with van der Waals surface area (Å²) in [4.78, 5) is 29.9. The number of rotatable bonds is 3. The first kappa shape index (κ1) is 13.8. The second kappa shape index (κ2) is 5.54. The molecule has 1 aromatic heterocycles. The van der Waals surface area contributed by atoms with Gasteiger partial charge >= 0.3 is 12.0 Å². The monoisotopic (exact) mass is 285 g/mol. The number of carbonyl (C=O) groups is 2. The maximum absolute atomic E-state index is 12.2. The minimum absolute atomic E-state index is 0.0528. The molecule has 0 saturated carbocycles. The number of carbonyl (C=O) groups excluding carboxylic acids is 1. The lowest BCUT2D eigenvalue weighted by Gasteiger charge is -2.27. The first-order valence-electron chi connectivity index (χ1n) is 5.78. The first-order chi connectivity index (χ1) is 8.99. The number of urea groups is 1. The molecular weight excluding hydrogens is 270 g/mol. The standard InChI is InChI=1S/C11H15N3O4S/c1-13(3-7-5-19-6-12-7)11(18)14-4-8(15)2-9(14)10(16)17/h5-6,8-9,15H,2-4H2,1H3,(H,16,17)/t8-,9-/m0/s1. The lowest BCUT2D eigenvalue weighted by molar-refractivity contribution is -0.141. The van der Waals surface area contributed by atoms with Crippen molar-refractivity contribution in [3.63, 3.8) is 0 Å². The first-order valence-corrected chi connectivity index (χ1v) is 6.73. The van der Waals surface area contributed by atoms with Crippen molar-refractivity contribution in [3.05, 3.63) is 16.6 Å². The van der Waals surface area contributed by atoms with Gasteiger partial charge < -0.3 is 20.0 Å². The number of hydrogen-bond donors (Lipinski definition) is 2. The smallest absolute Gasteiger partial charge is 0.326 e. The average Bonchev–Trinajstić information content (AvgIpc) is 2.97.